The summed E-state index contributed by atoms with van der Waals surface area (Å²) in [7, 11) is 0. The molecule has 0 aliphatic rings. The first-order chi connectivity index (χ1) is 14.8. The van der Waals surface area contributed by atoms with Gasteiger partial charge >= 0.3 is 0 Å². The van der Waals surface area contributed by atoms with Crippen molar-refractivity contribution in [3.63, 3.8) is 0 Å². The van der Waals surface area contributed by atoms with E-state index in [1.54, 1.807) is 0 Å². The third-order valence-electron chi connectivity index (χ3n) is 5.53. The minimum absolute atomic E-state index is 0.640. The van der Waals surface area contributed by atoms with Gasteiger partial charge in [0.15, 0.2) is 5.58 Å². The van der Waals surface area contributed by atoms with E-state index in [0.29, 0.717) is 5.89 Å². The standard InChI is InChI=1S/C27H16ClNO/c28-22-8-4-7-20(15-22)21-12-10-17-9-11-18-13-14-24-26(25(18)23(17)16-21)30-27(29-24)19-5-2-1-3-6-19/h1-16H. The topological polar surface area (TPSA) is 26.0 Å². The maximum atomic E-state index is 6.31. The zero-order valence-corrected chi connectivity index (χ0v) is 16.7. The Labute approximate surface area is 178 Å². The number of hydrogen-bond acceptors (Lipinski definition) is 2. The molecule has 30 heavy (non-hydrogen) atoms. The van der Waals surface area contributed by atoms with E-state index in [1.165, 1.54) is 5.39 Å². The minimum atomic E-state index is 0.640. The Hall–Kier alpha value is -3.62. The number of nitrogens with zero attached hydrogens (tertiary/aromatic N) is 1. The van der Waals surface area contributed by atoms with Gasteiger partial charge < -0.3 is 4.42 Å². The van der Waals surface area contributed by atoms with Crippen molar-refractivity contribution in [2.45, 2.75) is 0 Å². The predicted molar refractivity (Wildman–Crippen MR) is 125 cm³/mol. The van der Waals surface area contributed by atoms with Crippen LogP contribution in [0.5, 0.6) is 0 Å². The zero-order valence-electron chi connectivity index (χ0n) is 16.0. The van der Waals surface area contributed by atoms with Crippen molar-refractivity contribution in [1.82, 2.24) is 4.98 Å². The lowest BCUT2D eigenvalue weighted by atomic mass is 9.97. The van der Waals surface area contributed by atoms with Crippen LogP contribution < -0.4 is 0 Å². The van der Waals surface area contributed by atoms with E-state index in [4.69, 9.17) is 21.0 Å². The first-order valence-electron chi connectivity index (χ1n) is 9.84. The van der Waals surface area contributed by atoms with Gasteiger partial charge in [-0.05, 0) is 63.7 Å². The average Bonchev–Trinajstić information content (AvgIpc) is 3.23. The Kier molecular flexibility index (Phi) is 3.87. The number of aromatic nitrogens is 1. The van der Waals surface area contributed by atoms with E-state index >= 15 is 0 Å². The third kappa shape index (κ3) is 2.77. The van der Waals surface area contributed by atoms with Gasteiger partial charge in [0.2, 0.25) is 5.89 Å². The summed E-state index contributed by atoms with van der Waals surface area (Å²) in [5.74, 6) is 0.640. The van der Waals surface area contributed by atoms with Crippen molar-refractivity contribution >= 4 is 44.2 Å². The normalized spacial score (nSPS) is 11.5. The summed E-state index contributed by atoms with van der Waals surface area (Å²) in [6.45, 7) is 0. The predicted octanol–water partition coefficient (Wildman–Crippen LogP) is 8.12. The van der Waals surface area contributed by atoms with E-state index in [2.05, 4.69) is 42.5 Å². The lowest BCUT2D eigenvalue weighted by Gasteiger charge is -2.08. The Morgan fingerprint density at radius 1 is 0.633 bits per heavy atom. The maximum Gasteiger partial charge on any atom is 0.227 e. The summed E-state index contributed by atoms with van der Waals surface area (Å²) >= 11 is 6.22. The molecule has 0 saturated carbocycles. The second-order valence-corrected chi connectivity index (χ2v) is 7.85. The Morgan fingerprint density at radius 2 is 1.37 bits per heavy atom. The molecule has 0 amide bonds. The lowest BCUT2D eigenvalue weighted by molar-refractivity contribution is 0.623. The van der Waals surface area contributed by atoms with Gasteiger partial charge in [-0.3, -0.25) is 0 Å². The van der Waals surface area contributed by atoms with Crippen LogP contribution in [0.2, 0.25) is 5.02 Å². The van der Waals surface area contributed by atoms with E-state index in [-0.39, 0.29) is 0 Å². The fourth-order valence-corrected chi connectivity index (χ4v) is 4.26. The molecule has 6 rings (SSSR count). The molecule has 5 aromatic carbocycles. The van der Waals surface area contributed by atoms with Gasteiger partial charge in [-0.1, -0.05) is 72.3 Å². The number of oxazole rings is 1. The second kappa shape index (κ2) is 6.72. The monoisotopic (exact) mass is 405 g/mol. The molecule has 0 spiro atoms. The number of benzene rings is 5. The average molecular weight is 406 g/mol. The molecule has 0 atom stereocenters. The van der Waals surface area contributed by atoms with Crippen molar-refractivity contribution in [3.8, 4) is 22.6 Å². The highest BCUT2D eigenvalue weighted by Gasteiger charge is 2.14. The van der Waals surface area contributed by atoms with Crippen LogP contribution in [-0.2, 0) is 0 Å². The van der Waals surface area contributed by atoms with Crippen LogP contribution in [-0.4, -0.2) is 4.98 Å². The van der Waals surface area contributed by atoms with Gasteiger partial charge in [0, 0.05) is 16.0 Å². The van der Waals surface area contributed by atoms with Gasteiger partial charge in [0.05, 0.1) is 0 Å². The van der Waals surface area contributed by atoms with Crippen molar-refractivity contribution < 1.29 is 4.42 Å². The summed E-state index contributed by atoms with van der Waals surface area (Å²) in [5.41, 5.74) is 4.87. The van der Waals surface area contributed by atoms with E-state index < -0.39 is 0 Å². The minimum Gasteiger partial charge on any atom is -0.435 e. The highest BCUT2D eigenvalue weighted by molar-refractivity contribution is 6.30. The molecule has 142 valence electrons. The first kappa shape index (κ1) is 17.3. The Balaban J connectivity index is 1.66. The van der Waals surface area contributed by atoms with Crippen LogP contribution in [0.4, 0.5) is 0 Å². The molecule has 1 heterocycles. The van der Waals surface area contributed by atoms with Crippen LogP contribution >= 0.6 is 11.6 Å². The molecule has 0 fully saturated rings. The Bertz CT molecular complexity index is 1550. The smallest absolute Gasteiger partial charge is 0.227 e. The van der Waals surface area contributed by atoms with Crippen molar-refractivity contribution in [2.24, 2.45) is 0 Å². The molecule has 1 aromatic heterocycles. The molecular weight excluding hydrogens is 390 g/mol. The molecule has 0 saturated heterocycles. The number of rotatable bonds is 2. The fraction of sp³-hybridized carbons (Fsp3) is 0. The largest absolute Gasteiger partial charge is 0.435 e. The fourth-order valence-electron chi connectivity index (χ4n) is 4.07. The summed E-state index contributed by atoms with van der Waals surface area (Å²) in [5, 5.41) is 5.26. The van der Waals surface area contributed by atoms with Gasteiger partial charge in [0.1, 0.15) is 5.52 Å². The van der Waals surface area contributed by atoms with E-state index in [0.717, 1.165) is 49.0 Å². The number of fused-ring (bicyclic) bond motifs is 5. The van der Waals surface area contributed by atoms with Gasteiger partial charge in [-0.2, -0.15) is 0 Å². The molecule has 3 heteroatoms. The zero-order chi connectivity index (χ0) is 20.1. The first-order valence-corrected chi connectivity index (χ1v) is 10.2. The van der Waals surface area contributed by atoms with Crippen molar-refractivity contribution in [1.29, 1.82) is 0 Å². The quantitative estimate of drug-likeness (QED) is 0.272. The van der Waals surface area contributed by atoms with Crippen molar-refractivity contribution in [3.05, 3.63) is 102 Å². The molecule has 0 N–H and O–H groups in total. The number of halogens is 1. The summed E-state index contributed by atoms with van der Waals surface area (Å²) < 4.78 is 6.31. The Morgan fingerprint density at radius 3 is 2.23 bits per heavy atom. The SMILES string of the molecule is Clc1cccc(-c2ccc3ccc4ccc5nc(-c6ccccc6)oc5c4c3c2)c1. The van der Waals surface area contributed by atoms with Gasteiger partial charge in [0.25, 0.3) is 0 Å². The molecule has 0 bridgehead atoms. The molecular formula is C27H16ClNO. The van der Waals surface area contributed by atoms with Crippen LogP contribution in [0.1, 0.15) is 0 Å². The molecule has 6 aromatic rings. The van der Waals surface area contributed by atoms with Crippen LogP contribution in [0, 0.1) is 0 Å². The van der Waals surface area contributed by atoms with E-state index in [9.17, 15) is 0 Å². The highest BCUT2D eigenvalue weighted by atomic mass is 35.5. The molecule has 0 aliphatic carbocycles. The summed E-state index contributed by atoms with van der Waals surface area (Å²) in [4.78, 5) is 4.75. The van der Waals surface area contributed by atoms with Crippen LogP contribution in [0.3, 0.4) is 0 Å². The molecule has 0 aliphatic heterocycles. The van der Waals surface area contributed by atoms with Crippen LogP contribution in [0.25, 0.3) is 55.2 Å². The third-order valence-corrected chi connectivity index (χ3v) is 5.77. The second-order valence-electron chi connectivity index (χ2n) is 7.41. The maximum absolute atomic E-state index is 6.31. The van der Waals surface area contributed by atoms with Gasteiger partial charge in [-0.15, -0.1) is 0 Å². The highest BCUT2D eigenvalue weighted by Crippen LogP contribution is 2.36. The summed E-state index contributed by atoms with van der Waals surface area (Å²) in [6.07, 6.45) is 0. The molecule has 0 radical (unpaired) electrons. The number of hydrogen-bond donors (Lipinski definition) is 0. The van der Waals surface area contributed by atoms with E-state index in [1.807, 2.05) is 54.6 Å². The molecule has 2 nitrogen and oxygen atoms in total. The van der Waals surface area contributed by atoms with Gasteiger partial charge in [-0.25, -0.2) is 4.98 Å². The van der Waals surface area contributed by atoms with Crippen molar-refractivity contribution in [2.75, 3.05) is 0 Å². The molecule has 0 unspecified atom stereocenters. The van der Waals surface area contributed by atoms with Crippen LogP contribution in [0.15, 0.2) is 101 Å². The lowest BCUT2D eigenvalue weighted by Crippen LogP contribution is -1.82. The summed E-state index contributed by atoms with van der Waals surface area (Å²) in [6, 6.07) is 32.9.